The number of carboxylic acid groups (broad SMARTS) is 1. The van der Waals surface area contributed by atoms with E-state index in [0.29, 0.717) is 29.2 Å². The van der Waals surface area contributed by atoms with Crippen molar-refractivity contribution >= 4 is 23.6 Å². The number of carboxylic acids is 1. The minimum absolute atomic E-state index is 0.0526. The summed E-state index contributed by atoms with van der Waals surface area (Å²) in [6.45, 7) is 11.0. The Bertz CT molecular complexity index is 1210. The molecule has 0 spiro atoms. The molecule has 1 N–H and O–H groups in total. The third-order valence-corrected chi connectivity index (χ3v) is 9.13. The molecule has 0 radical (unpaired) electrons. The van der Waals surface area contributed by atoms with Crippen molar-refractivity contribution in [2.45, 2.75) is 77.8 Å². The van der Waals surface area contributed by atoms with Gasteiger partial charge in [0, 0.05) is 78.6 Å². The molecule has 2 aromatic rings. The van der Waals surface area contributed by atoms with Crippen LogP contribution in [0.25, 0.3) is 0 Å². The smallest absolute Gasteiger partial charge is 0.316 e. The van der Waals surface area contributed by atoms with E-state index in [1.54, 1.807) is 34.5 Å². The maximum Gasteiger partial charge on any atom is 0.316 e. The molecule has 2 aromatic heterocycles. The lowest BCUT2D eigenvalue weighted by atomic mass is 9.93. The highest BCUT2D eigenvalue weighted by Gasteiger charge is 2.33. The number of anilines is 2. The largest absolute Gasteiger partial charge is 0.481 e. The Hall–Kier alpha value is -3.20. The van der Waals surface area contributed by atoms with Crippen LogP contribution in [0.4, 0.5) is 11.6 Å². The van der Waals surface area contributed by atoms with E-state index in [4.69, 9.17) is 32.7 Å². The van der Waals surface area contributed by atoms with E-state index in [1.165, 1.54) is 7.11 Å². The normalized spacial score (nSPS) is 17.7. The molecule has 47 heavy (non-hydrogen) atoms. The predicted octanol–water partition coefficient (Wildman–Crippen LogP) is 4.76. The van der Waals surface area contributed by atoms with Crippen molar-refractivity contribution in [1.82, 2.24) is 10.3 Å². The number of hydrogen-bond acceptors (Lipinski definition) is 13. The second-order valence-corrected chi connectivity index (χ2v) is 12.8. The maximum absolute atomic E-state index is 12.0. The quantitative estimate of drug-likeness (QED) is 0.217. The molecule has 266 valence electrons. The second kappa shape index (κ2) is 18.4. The van der Waals surface area contributed by atoms with Crippen molar-refractivity contribution in [2.75, 3.05) is 71.5 Å². The monoisotopic (exact) mass is 666 g/mol. The van der Waals surface area contributed by atoms with Crippen LogP contribution in [0, 0.1) is 23.7 Å². The number of carbonyl (C=O) groups is 2. The summed E-state index contributed by atoms with van der Waals surface area (Å²) in [5.74, 6) is 0.921. The number of aliphatic carboxylic acids is 1. The minimum Gasteiger partial charge on any atom is -0.481 e. The van der Waals surface area contributed by atoms with E-state index >= 15 is 0 Å². The van der Waals surface area contributed by atoms with Gasteiger partial charge in [0.05, 0.1) is 7.11 Å². The molecule has 4 rings (SSSR count). The first kappa shape index (κ1) is 38.2. The summed E-state index contributed by atoms with van der Waals surface area (Å²) in [4.78, 5) is 27.6. The third-order valence-electron chi connectivity index (χ3n) is 9.13. The van der Waals surface area contributed by atoms with Gasteiger partial charge in [-0.25, -0.2) is 0 Å². The van der Waals surface area contributed by atoms with Crippen LogP contribution in [-0.4, -0.2) is 102 Å². The molecule has 2 aliphatic rings. The molecular weight excluding hydrogens is 612 g/mol. The first-order valence-electron chi connectivity index (χ1n) is 16.3. The molecule has 2 fully saturated rings. The lowest BCUT2D eigenvalue weighted by Crippen LogP contribution is -2.39. The lowest BCUT2D eigenvalue weighted by Gasteiger charge is -2.34. The summed E-state index contributed by atoms with van der Waals surface area (Å²) < 4.78 is 37.0. The van der Waals surface area contributed by atoms with E-state index in [2.05, 4.69) is 20.1 Å². The molecule has 14 nitrogen and oxygen atoms in total. The van der Waals surface area contributed by atoms with Crippen LogP contribution in [0.5, 0.6) is 0 Å². The zero-order valence-corrected chi connectivity index (χ0v) is 29.3. The van der Waals surface area contributed by atoms with Crippen molar-refractivity contribution in [2.24, 2.45) is 23.7 Å². The molecule has 14 heteroatoms. The Morgan fingerprint density at radius 3 is 1.36 bits per heavy atom. The van der Waals surface area contributed by atoms with E-state index < -0.39 is 17.8 Å². The van der Waals surface area contributed by atoms with Gasteiger partial charge in [-0.05, 0) is 37.5 Å². The number of nitrogens with zero attached hydrogens (tertiary/aromatic N) is 4. The Balaban J connectivity index is 0.000000256. The topological polar surface area (TPSA) is 159 Å². The Labute approximate surface area is 277 Å². The van der Waals surface area contributed by atoms with Gasteiger partial charge in [0.15, 0.2) is 35.7 Å². The van der Waals surface area contributed by atoms with Crippen LogP contribution in [0.3, 0.4) is 0 Å². The molecule has 2 unspecified atom stereocenters. The molecule has 2 aliphatic heterocycles. The number of methoxy groups -OCH3 is 5. The summed E-state index contributed by atoms with van der Waals surface area (Å²) in [7, 11) is 8.04. The first-order valence-corrected chi connectivity index (χ1v) is 16.3. The van der Waals surface area contributed by atoms with Crippen LogP contribution in [0.1, 0.15) is 76.7 Å². The van der Waals surface area contributed by atoms with Crippen LogP contribution in [-0.2, 0) is 33.3 Å². The van der Waals surface area contributed by atoms with Gasteiger partial charge in [0.1, 0.15) is 11.8 Å². The fourth-order valence-electron chi connectivity index (χ4n) is 6.49. The fraction of sp³-hybridized carbons (Fsp3) is 0.758. The molecule has 0 aliphatic carbocycles. The highest BCUT2D eigenvalue weighted by atomic mass is 16.7. The number of ether oxygens (including phenoxy) is 5. The number of rotatable bonds is 14. The lowest BCUT2D eigenvalue weighted by molar-refractivity contribution is -0.144. The summed E-state index contributed by atoms with van der Waals surface area (Å²) in [6, 6.07) is 3.61. The average molecular weight is 667 g/mol. The number of carbonyl (C=O) groups excluding carboxylic acids is 1. The van der Waals surface area contributed by atoms with Crippen LogP contribution in [0.15, 0.2) is 21.2 Å². The highest BCUT2D eigenvalue weighted by Crippen LogP contribution is 2.32. The van der Waals surface area contributed by atoms with Crippen LogP contribution in [0.2, 0.25) is 0 Å². The zero-order valence-electron chi connectivity index (χ0n) is 29.3. The van der Waals surface area contributed by atoms with E-state index in [-0.39, 0.29) is 30.4 Å². The van der Waals surface area contributed by atoms with E-state index in [1.807, 2.05) is 33.8 Å². The molecular formula is C33H54N4O10. The molecule has 2 atom stereocenters. The summed E-state index contributed by atoms with van der Waals surface area (Å²) >= 11 is 0. The number of hydrogen-bond donors (Lipinski definition) is 1. The fourth-order valence-corrected chi connectivity index (χ4v) is 6.49. The molecule has 4 heterocycles. The number of piperidine rings is 2. The van der Waals surface area contributed by atoms with Gasteiger partial charge in [0.25, 0.3) is 0 Å². The number of esters is 1. The van der Waals surface area contributed by atoms with Gasteiger partial charge in [-0.15, -0.1) is 0 Å². The van der Waals surface area contributed by atoms with Gasteiger partial charge in [-0.1, -0.05) is 38.0 Å². The summed E-state index contributed by atoms with van der Waals surface area (Å²) in [6.07, 6.45) is 3.44. The van der Waals surface area contributed by atoms with Crippen LogP contribution >= 0.6 is 0 Å². The van der Waals surface area contributed by atoms with Crippen molar-refractivity contribution < 1.29 is 47.4 Å². The average Bonchev–Trinajstić information content (AvgIpc) is 3.74. The van der Waals surface area contributed by atoms with Gasteiger partial charge in [0.2, 0.25) is 0 Å². The first-order chi connectivity index (χ1) is 22.5. The summed E-state index contributed by atoms with van der Waals surface area (Å²) in [5.41, 5.74) is 0. The Kier molecular flexibility index (Phi) is 15.0. The van der Waals surface area contributed by atoms with Gasteiger partial charge >= 0.3 is 11.9 Å². The molecule has 0 aromatic carbocycles. The molecule has 0 saturated carbocycles. The minimum atomic E-state index is -0.885. The third kappa shape index (κ3) is 9.91. The van der Waals surface area contributed by atoms with Gasteiger partial charge < -0.3 is 47.6 Å². The van der Waals surface area contributed by atoms with Crippen molar-refractivity contribution in [1.29, 1.82) is 0 Å². The maximum atomic E-state index is 12.0. The van der Waals surface area contributed by atoms with Crippen molar-refractivity contribution in [3.63, 3.8) is 0 Å². The predicted molar refractivity (Wildman–Crippen MR) is 173 cm³/mol. The van der Waals surface area contributed by atoms with Crippen LogP contribution < -0.4 is 9.80 Å². The van der Waals surface area contributed by atoms with Crippen molar-refractivity contribution in [3.05, 3.63) is 23.7 Å². The standard InChI is InChI=1S/C17H28N2O5.C16H26N2O5/c1-11(2)15(16(20)21-3)13-10-14(18-24-13)19-8-6-12(7-9-19)17(22-4)23-5;1-10(2)14(15(19)20)12-9-13(17-23-12)18-7-5-11(6-8-18)16(21-3)22-4/h10-12,15,17H,6-9H2,1-5H3;9-11,14,16H,5-8H2,1-4H3,(H,19,20). The number of aromatic nitrogens is 2. The van der Waals surface area contributed by atoms with Crippen molar-refractivity contribution in [3.8, 4) is 0 Å². The van der Waals surface area contributed by atoms with Gasteiger partial charge in [-0.3, -0.25) is 9.59 Å². The second-order valence-electron chi connectivity index (χ2n) is 12.8. The summed E-state index contributed by atoms with van der Waals surface area (Å²) in [5, 5.41) is 17.5. The molecule has 0 bridgehead atoms. The molecule has 0 amide bonds. The van der Waals surface area contributed by atoms with E-state index in [0.717, 1.165) is 57.7 Å². The SMILES string of the molecule is COC(=O)C(c1cc(N2CCC(C(OC)OC)CC2)no1)C(C)C.COC(OC)C1CCN(c2cc(C(C(=O)O)C(C)C)on2)CC1. The Morgan fingerprint density at radius 2 is 1.06 bits per heavy atom. The molecule has 2 saturated heterocycles. The van der Waals surface area contributed by atoms with Gasteiger partial charge in [-0.2, -0.15) is 0 Å². The Morgan fingerprint density at radius 1 is 0.702 bits per heavy atom. The van der Waals surface area contributed by atoms with E-state index in [9.17, 15) is 14.7 Å². The zero-order chi connectivity index (χ0) is 34.7. The highest BCUT2D eigenvalue weighted by molar-refractivity contribution is 5.78.